The largest absolute Gasteiger partial charge is 0.368 e. The molecule has 34 heavy (non-hydrogen) atoms. The zero-order chi connectivity index (χ0) is 23.2. The van der Waals surface area contributed by atoms with Crippen molar-refractivity contribution < 1.29 is 9.59 Å². The zero-order valence-electron chi connectivity index (χ0n) is 18.5. The van der Waals surface area contributed by atoms with Gasteiger partial charge < -0.3 is 19.6 Å². The second-order valence-electron chi connectivity index (χ2n) is 9.02. The molecule has 1 atom stereocenters. The molecule has 3 aliphatic heterocycles. The monoisotopic (exact) mass is 477 g/mol. The molecule has 0 saturated carbocycles. The van der Waals surface area contributed by atoms with E-state index in [-0.39, 0.29) is 17.9 Å². The lowest BCUT2D eigenvalue weighted by atomic mass is 10.1. The van der Waals surface area contributed by atoms with Crippen LogP contribution in [0.3, 0.4) is 0 Å². The van der Waals surface area contributed by atoms with Crippen LogP contribution in [0.4, 0.5) is 10.5 Å². The van der Waals surface area contributed by atoms with E-state index < -0.39 is 0 Å². The predicted octanol–water partition coefficient (Wildman–Crippen LogP) is 2.83. The van der Waals surface area contributed by atoms with Gasteiger partial charge in [-0.3, -0.25) is 9.89 Å². The maximum atomic E-state index is 13.1. The second kappa shape index (κ2) is 8.32. The third kappa shape index (κ3) is 3.75. The van der Waals surface area contributed by atoms with Crippen LogP contribution in [0.25, 0.3) is 11.0 Å². The van der Waals surface area contributed by atoms with E-state index >= 15 is 0 Å². The number of nitrogens with zero attached hydrogens (tertiary/aromatic N) is 6. The first-order valence-electron chi connectivity index (χ1n) is 11.4. The first-order chi connectivity index (χ1) is 16.5. The van der Waals surface area contributed by atoms with Crippen LogP contribution in [-0.4, -0.2) is 87.9 Å². The van der Waals surface area contributed by atoms with Crippen molar-refractivity contribution in [3.05, 3.63) is 64.8 Å². The number of piperazine rings is 1. The third-order valence-corrected chi connectivity index (χ3v) is 7.18. The topological polar surface area (TPSA) is 88.7 Å². The molecule has 3 aromatic rings. The van der Waals surface area contributed by atoms with E-state index in [9.17, 15) is 9.59 Å². The molecule has 3 aliphatic rings. The van der Waals surface area contributed by atoms with Crippen LogP contribution in [0, 0.1) is 5.92 Å². The van der Waals surface area contributed by atoms with Gasteiger partial charge in [0.1, 0.15) is 5.52 Å². The highest BCUT2D eigenvalue weighted by molar-refractivity contribution is 6.30. The highest BCUT2D eigenvalue weighted by Gasteiger charge is 2.38. The highest BCUT2D eigenvalue weighted by Crippen LogP contribution is 2.31. The predicted molar refractivity (Wildman–Crippen MR) is 129 cm³/mol. The van der Waals surface area contributed by atoms with Gasteiger partial charge in [0, 0.05) is 74.2 Å². The molecular formula is C24H24ClN7O2. The van der Waals surface area contributed by atoms with Crippen molar-refractivity contribution in [2.75, 3.05) is 50.7 Å². The van der Waals surface area contributed by atoms with Crippen molar-refractivity contribution in [2.24, 2.45) is 5.92 Å². The number of benzene rings is 2. The van der Waals surface area contributed by atoms with Crippen LogP contribution in [-0.2, 0) is 0 Å². The number of H-pyrrole nitrogens is 1. The molecule has 2 saturated heterocycles. The van der Waals surface area contributed by atoms with E-state index in [2.05, 4.69) is 20.3 Å². The Hall–Kier alpha value is -3.59. The molecule has 174 valence electrons. The van der Waals surface area contributed by atoms with Gasteiger partial charge in [-0.05, 0) is 48.0 Å². The molecule has 6 rings (SSSR count). The molecule has 0 spiro atoms. The highest BCUT2D eigenvalue weighted by atomic mass is 35.5. The lowest BCUT2D eigenvalue weighted by molar-refractivity contribution is 0.0785. The van der Waals surface area contributed by atoms with Crippen LogP contribution in [0.5, 0.6) is 0 Å². The number of amides is 3. The Bertz CT molecular complexity index is 1280. The van der Waals surface area contributed by atoms with E-state index in [1.807, 2.05) is 51.2 Å². The summed E-state index contributed by atoms with van der Waals surface area (Å²) in [6.45, 7) is 4.74. The van der Waals surface area contributed by atoms with Crippen LogP contribution >= 0.6 is 11.6 Å². The van der Waals surface area contributed by atoms with E-state index in [0.29, 0.717) is 43.8 Å². The molecule has 0 bridgehead atoms. The van der Waals surface area contributed by atoms with Crippen LogP contribution in [0.2, 0.25) is 5.02 Å². The Morgan fingerprint density at radius 3 is 2.53 bits per heavy atom. The standard InChI is InChI=1S/C24H24ClN7O2/c25-19-2-4-20(5-3-19)29-7-9-30(10-8-29)24(34)32-14-17-12-31(13-18(17)15-32)23(33)16-1-6-21-22(11-16)27-28-26-21/h1-6,11,14,18H,7-10,12-13,15H2,(H,26,27,28)/t18-/m0/s1. The number of urea groups is 1. The molecule has 0 radical (unpaired) electrons. The van der Waals surface area contributed by atoms with E-state index in [1.54, 1.807) is 12.1 Å². The van der Waals surface area contributed by atoms with Crippen molar-refractivity contribution in [3.8, 4) is 0 Å². The summed E-state index contributed by atoms with van der Waals surface area (Å²) in [4.78, 5) is 34.0. The first kappa shape index (κ1) is 21.0. The van der Waals surface area contributed by atoms with Crippen LogP contribution in [0.1, 0.15) is 10.4 Å². The summed E-state index contributed by atoms with van der Waals surface area (Å²) in [7, 11) is 0. The Labute approximate surface area is 201 Å². The van der Waals surface area contributed by atoms with Crippen LogP contribution in [0.15, 0.2) is 54.2 Å². The normalized spacial score (nSPS) is 20.1. The fourth-order valence-electron chi connectivity index (χ4n) is 5.04. The summed E-state index contributed by atoms with van der Waals surface area (Å²) in [6.07, 6.45) is 1.95. The molecule has 0 unspecified atom stereocenters. The molecule has 0 aliphatic carbocycles. The molecule has 2 fully saturated rings. The molecule has 10 heteroatoms. The Kier molecular flexibility index (Phi) is 5.13. The number of carbonyl (C=O) groups is 2. The number of anilines is 1. The van der Waals surface area contributed by atoms with Crippen molar-refractivity contribution in [1.29, 1.82) is 0 Å². The average Bonchev–Trinajstić information content (AvgIpc) is 3.58. The molecule has 2 aromatic carbocycles. The number of nitrogens with one attached hydrogen (secondary N) is 1. The van der Waals surface area contributed by atoms with Gasteiger partial charge in [0.05, 0.1) is 5.52 Å². The molecule has 4 heterocycles. The molecule has 1 aromatic heterocycles. The second-order valence-corrected chi connectivity index (χ2v) is 9.45. The van der Waals surface area contributed by atoms with Gasteiger partial charge in [-0.2, -0.15) is 0 Å². The zero-order valence-corrected chi connectivity index (χ0v) is 19.3. The van der Waals surface area contributed by atoms with Crippen molar-refractivity contribution >= 4 is 40.3 Å². The van der Waals surface area contributed by atoms with Gasteiger partial charge >= 0.3 is 6.03 Å². The van der Waals surface area contributed by atoms with Gasteiger partial charge in [-0.1, -0.05) is 16.8 Å². The fourth-order valence-corrected chi connectivity index (χ4v) is 5.17. The number of aromatic nitrogens is 3. The first-order valence-corrected chi connectivity index (χ1v) is 11.8. The number of fused-ring (bicyclic) bond motifs is 2. The summed E-state index contributed by atoms with van der Waals surface area (Å²) in [6, 6.07) is 13.3. The minimum Gasteiger partial charge on any atom is -0.368 e. The number of hydrogen-bond acceptors (Lipinski definition) is 5. The Morgan fingerprint density at radius 1 is 0.971 bits per heavy atom. The number of aromatic amines is 1. The minimum atomic E-state index is -0.0172. The van der Waals surface area contributed by atoms with Crippen molar-refractivity contribution in [2.45, 2.75) is 0 Å². The summed E-state index contributed by atoms with van der Waals surface area (Å²) in [5.41, 5.74) is 4.36. The van der Waals surface area contributed by atoms with Crippen molar-refractivity contribution in [1.82, 2.24) is 30.1 Å². The number of carbonyl (C=O) groups excluding carboxylic acids is 2. The smallest absolute Gasteiger partial charge is 0.324 e. The lowest BCUT2D eigenvalue weighted by Gasteiger charge is -2.37. The Morgan fingerprint density at radius 2 is 1.76 bits per heavy atom. The van der Waals surface area contributed by atoms with Crippen LogP contribution < -0.4 is 4.90 Å². The summed E-state index contributed by atoms with van der Waals surface area (Å²) >= 11 is 5.99. The maximum Gasteiger partial charge on any atom is 0.324 e. The van der Waals surface area contributed by atoms with Gasteiger partial charge in [-0.15, -0.1) is 5.10 Å². The van der Waals surface area contributed by atoms with Gasteiger partial charge in [0.25, 0.3) is 5.91 Å². The van der Waals surface area contributed by atoms with Gasteiger partial charge in [0.15, 0.2) is 0 Å². The van der Waals surface area contributed by atoms with E-state index in [4.69, 9.17) is 11.6 Å². The van der Waals surface area contributed by atoms with E-state index in [1.165, 1.54) is 0 Å². The third-order valence-electron chi connectivity index (χ3n) is 6.93. The molecular weight excluding hydrogens is 454 g/mol. The number of likely N-dealkylation sites (tertiary alicyclic amines) is 1. The number of rotatable bonds is 2. The summed E-state index contributed by atoms with van der Waals surface area (Å²) < 4.78 is 0. The minimum absolute atomic E-state index is 0.0172. The fraction of sp³-hybridized carbons (Fsp3) is 0.333. The summed E-state index contributed by atoms with van der Waals surface area (Å²) in [5, 5.41) is 11.3. The van der Waals surface area contributed by atoms with E-state index in [0.717, 1.165) is 34.9 Å². The molecule has 9 nitrogen and oxygen atoms in total. The van der Waals surface area contributed by atoms with Gasteiger partial charge in [0.2, 0.25) is 0 Å². The molecule has 1 N–H and O–H groups in total. The Balaban J connectivity index is 1.06. The number of halogens is 1. The SMILES string of the molecule is O=C(c1ccc2[nH]nnc2c1)N1CC2=CN(C(=O)N3CCN(c4ccc(Cl)cc4)CC3)C[C@@H]2C1. The summed E-state index contributed by atoms with van der Waals surface area (Å²) in [5.74, 6) is 0.176. The quantitative estimate of drug-likeness (QED) is 0.613. The van der Waals surface area contributed by atoms with Crippen molar-refractivity contribution in [3.63, 3.8) is 0 Å². The average molecular weight is 478 g/mol. The maximum absolute atomic E-state index is 13.1. The number of hydrogen-bond donors (Lipinski definition) is 1. The van der Waals surface area contributed by atoms with Gasteiger partial charge in [-0.25, -0.2) is 4.79 Å². The molecule has 3 amide bonds. The lowest BCUT2D eigenvalue weighted by Crippen LogP contribution is -2.52.